The minimum Gasteiger partial charge on any atom is -0.358 e. The molecular weight excluding hydrogens is 362 g/mol. The van der Waals surface area contributed by atoms with Crippen molar-refractivity contribution in [2.45, 2.75) is 13.3 Å². The molecule has 0 atom stereocenters. The Morgan fingerprint density at radius 1 is 1.15 bits per heavy atom. The number of carbonyl (C=O) groups excluding carboxylic acids is 1. The van der Waals surface area contributed by atoms with E-state index in [9.17, 15) is 4.79 Å². The summed E-state index contributed by atoms with van der Waals surface area (Å²) in [4.78, 5) is 27.0. The van der Waals surface area contributed by atoms with Crippen LogP contribution in [0.1, 0.15) is 21.6 Å². The van der Waals surface area contributed by atoms with Gasteiger partial charge in [0, 0.05) is 36.7 Å². The first-order valence-electron chi connectivity index (χ1n) is 8.52. The number of amides is 1. The van der Waals surface area contributed by atoms with Crippen LogP contribution < -0.4 is 10.2 Å². The molecule has 0 aliphatic carbocycles. The summed E-state index contributed by atoms with van der Waals surface area (Å²) in [6.07, 6.45) is 7.53. The molecule has 0 saturated heterocycles. The van der Waals surface area contributed by atoms with Crippen LogP contribution in [0.25, 0.3) is 0 Å². The summed E-state index contributed by atoms with van der Waals surface area (Å²) >= 11 is 5.94. The van der Waals surface area contributed by atoms with E-state index in [0.29, 0.717) is 16.5 Å². The van der Waals surface area contributed by atoms with Gasteiger partial charge in [-0.2, -0.15) is 0 Å². The lowest BCUT2D eigenvalue weighted by Gasteiger charge is -2.17. The molecular formula is C20H20ClN5O. The number of aromatic nitrogens is 3. The SMILES string of the molecule is Cc1cc(Cl)ccc1NC(=O)c1cnc(N(C)CCc2ccncc2)cn1. The zero-order valence-corrected chi connectivity index (χ0v) is 15.9. The Labute approximate surface area is 163 Å². The number of hydrogen-bond donors (Lipinski definition) is 1. The minimum absolute atomic E-state index is 0.260. The van der Waals surface area contributed by atoms with Crippen molar-refractivity contribution >= 4 is 29.0 Å². The number of halogens is 1. The van der Waals surface area contributed by atoms with Crippen molar-refractivity contribution in [3.8, 4) is 0 Å². The topological polar surface area (TPSA) is 71.0 Å². The highest BCUT2D eigenvalue weighted by atomic mass is 35.5. The average molecular weight is 382 g/mol. The third-order valence-corrected chi connectivity index (χ3v) is 4.42. The van der Waals surface area contributed by atoms with Crippen molar-refractivity contribution in [3.63, 3.8) is 0 Å². The van der Waals surface area contributed by atoms with Gasteiger partial charge < -0.3 is 10.2 Å². The van der Waals surface area contributed by atoms with Crippen LogP contribution in [0.5, 0.6) is 0 Å². The number of anilines is 2. The first-order chi connectivity index (χ1) is 13.0. The van der Waals surface area contributed by atoms with E-state index in [0.717, 1.165) is 18.5 Å². The lowest BCUT2D eigenvalue weighted by atomic mass is 10.2. The summed E-state index contributed by atoms with van der Waals surface area (Å²) in [6, 6.07) is 9.28. The summed E-state index contributed by atoms with van der Waals surface area (Å²) in [5.74, 6) is 0.405. The van der Waals surface area contributed by atoms with Gasteiger partial charge in [-0.1, -0.05) is 11.6 Å². The van der Waals surface area contributed by atoms with Crippen molar-refractivity contribution in [2.75, 3.05) is 23.8 Å². The molecule has 2 aromatic heterocycles. The van der Waals surface area contributed by atoms with Crippen LogP contribution in [0.15, 0.2) is 55.1 Å². The molecule has 0 unspecified atom stereocenters. The van der Waals surface area contributed by atoms with Crippen LogP contribution in [0.4, 0.5) is 11.5 Å². The van der Waals surface area contributed by atoms with Crippen molar-refractivity contribution < 1.29 is 4.79 Å². The lowest BCUT2D eigenvalue weighted by Crippen LogP contribution is -2.22. The van der Waals surface area contributed by atoms with Crippen LogP contribution in [0, 0.1) is 6.92 Å². The number of carbonyl (C=O) groups is 1. The second-order valence-corrected chi connectivity index (χ2v) is 6.64. The van der Waals surface area contributed by atoms with Gasteiger partial charge in [0.15, 0.2) is 0 Å². The number of pyridine rings is 1. The largest absolute Gasteiger partial charge is 0.358 e. The molecule has 27 heavy (non-hydrogen) atoms. The maximum Gasteiger partial charge on any atom is 0.275 e. The molecule has 3 rings (SSSR count). The van der Waals surface area contributed by atoms with E-state index in [1.807, 2.05) is 31.0 Å². The molecule has 1 amide bonds. The fraction of sp³-hybridized carbons (Fsp3) is 0.200. The monoisotopic (exact) mass is 381 g/mol. The number of aryl methyl sites for hydroxylation is 1. The molecule has 1 N–H and O–H groups in total. The smallest absolute Gasteiger partial charge is 0.275 e. The molecule has 7 heteroatoms. The van der Waals surface area contributed by atoms with Gasteiger partial charge in [0.25, 0.3) is 5.91 Å². The average Bonchev–Trinajstić information content (AvgIpc) is 2.69. The maximum atomic E-state index is 12.4. The van der Waals surface area contributed by atoms with Gasteiger partial charge in [0.2, 0.25) is 0 Å². The molecule has 0 fully saturated rings. The van der Waals surface area contributed by atoms with Crippen LogP contribution in [-0.2, 0) is 6.42 Å². The summed E-state index contributed by atoms with van der Waals surface area (Å²) in [6.45, 7) is 2.67. The maximum absolute atomic E-state index is 12.4. The fourth-order valence-corrected chi connectivity index (χ4v) is 2.78. The number of nitrogens with zero attached hydrogens (tertiary/aromatic N) is 4. The molecule has 0 aliphatic rings. The second-order valence-electron chi connectivity index (χ2n) is 6.20. The van der Waals surface area contributed by atoms with Gasteiger partial charge in [-0.05, 0) is 54.8 Å². The Morgan fingerprint density at radius 3 is 2.59 bits per heavy atom. The molecule has 0 saturated carbocycles. The fourth-order valence-electron chi connectivity index (χ4n) is 2.55. The Kier molecular flexibility index (Phi) is 5.98. The van der Waals surface area contributed by atoms with E-state index in [1.165, 1.54) is 11.8 Å². The zero-order chi connectivity index (χ0) is 19.2. The van der Waals surface area contributed by atoms with E-state index < -0.39 is 0 Å². The minimum atomic E-state index is -0.307. The molecule has 2 heterocycles. The Hall–Kier alpha value is -2.99. The molecule has 1 aromatic carbocycles. The highest BCUT2D eigenvalue weighted by molar-refractivity contribution is 6.30. The first kappa shape index (κ1) is 18.8. The number of likely N-dealkylation sites (N-methyl/N-ethyl adjacent to an activating group) is 1. The summed E-state index contributed by atoms with van der Waals surface area (Å²) in [7, 11) is 1.95. The lowest BCUT2D eigenvalue weighted by molar-refractivity contribution is 0.102. The Balaban J connectivity index is 1.61. The van der Waals surface area contributed by atoms with Gasteiger partial charge in [0.1, 0.15) is 11.5 Å². The van der Waals surface area contributed by atoms with Gasteiger partial charge in [-0.25, -0.2) is 9.97 Å². The first-order valence-corrected chi connectivity index (χ1v) is 8.90. The zero-order valence-electron chi connectivity index (χ0n) is 15.2. The van der Waals surface area contributed by atoms with Gasteiger partial charge >= 0.3 is 0 Å². The van der Waals surface area contributed by atoms with Crippen molar-refractivity contribution in [3.05, 3.63) is 77.0 Å². The van der Waals surface area contributed by atoms with Crippen molar-refractivity contribution in [1.82, 2.24) is 15.0 Å². The van der Waals surface area contributed by atoms with Crippen LogP contribution in [0.3, 0.4) is 0 Å². The van der Waals surface area contributed by atoms with Crippen LogP contribution in [-0.4, -0.2) is 34.5 Å². The number of hydrogen-bond acceptors (Lipinski definition) is 5. The second kappa shape index (κ2) is 8.60. The molecule has 0 radical (unpaired) electrons. The third kappa shape index (κ3) is 5.01. The molecule has 0 aliphatic heterocycles. The molecule has 3 aromatic rings. The van der Waals surface area contributed by atoms with E-state index in [2.05, 4.69) is 20.3 Å². The normalized spacial score (nSPS) is 10.5. The van der Waals surface area contributed by atoms with E-state index in [4.69, 9.17) is 11.6 Å². The molecule has 0 spiro atoms. The molecule has 6 nitrogen and oxygen atoms in total. The molecule has 0 bridgehead atoms. The number of rotatable bonds is 6. The highest BCUT2D eigenvalue weighted by Gasteiger charge is 2.11. The third-order valence-electron chi connectivity index (χ3n) is 4.18. The summed E-state index contributed by atoms with van der Waals surface area (Å²) in [5, 5.41) is 3.46. The predicted octanol–water partition coefficient (Wildman–Crippen LogP) is 3.76. The van der Waals surface area contributed by atoms with E-state index in [-0.39, 0.29) is 11.6 Å². The van der Waals surface area contributed by atoms with E-state index in [1.54, 1.807) is 36.8 Å². The van der Waals surface area contributed by atoms with E-state index >= 15 is 0 Å². The number of nitrogens with one attached hydrogen (secondary N) is 1. The van der Waals surface area contributed by atoms with Gasteiger partial charge in [-0.15, -0.1) is 0 Å². The Morgan fingerprint density at radius 2 is 1.93 bits per heavy atom. The highest BCUT2D eigenvalue weighted by Crippen LogP contribution is 2.20. The standard InChI is InChI=1S/C20H20ClN5O/c1-14-11-16(21)3-4-17(14)25-20(27)18-12-24-19(13-23-18)26(2)10-7-15-5-8-22-9-6-15/h3-6,8-9,11-13H,7,10H2,1-2H3,(H,25,27). The summed E-state index contributed by atoms with van der Waals surface area (Å²) in [5.41, 5.74) is 3.05. The van der Waals surface area contributed by atoms with Gasteiger partial charge in [-0.3, -0.25) is 9.78 Å². The van der Waals surface area contributed by atoms with Crippen molar-refractivity contribution in [1.29, 1.82) is 0 Å². The summed E-state index contributed by atoms with van der Waals surface area (Å²) < 4.78 is 0. The Bertz CT molecular complexity index is 915. The van der Waals surface area contributed by atoms with Gasteiger partial charge in [0.05, 0.1) is 12.4 Å². The van der Waals surface area contributed by atoms with Crippen LogP contribution >= 0.6 is 11.6 Å². The predicted molar refractivity (Wildman–Crippen MR) is 107 cm³/mol. The number of benzene rings is 1. The van der Waals surface area contributed by atoms with Crippen LogP contribution in [0.2, 0.25) is 5.02 Å². The quantitative estimate of drug-likeness (QED) is 0.703. The molecule has 138 valence electrons. The van der Waals surface area contributed by atoms with Crippen molar-refractivity contribution in [2.24, 2.45) is 0 Å².